The summed E-state index contributed by atoms with van der Waals surface area (Å²) in [6, 6.07) is 0. The Morgan fingerprint density at radius 3 is 2.50 bits per heavy atom. The number of hydrogen-bond donors (Lipinski definition) is 2. The largest absolute Gasteiger partial charge is 0.294 e. The minimum Gasteiger partial charge on any atom is -0.294 e. The van der Waals surface area contributed by atoms with Crippen molar-refractivity contribution in [2.75, 3.05) is 6.54 Å². The van der Waals surface area contributed by atoms with Crippen molar-refractivity contribution >= 4 is 17.7 Å². The average molecular weight is 255 g/mol. The van der Waals surface area contributed by atoms with Crippen LogP contribution in [0.2, 0.25) is 0 Å². The summed E-state index contributed by atoms with van der Waals surface area (Å²) in [6.45, 7) is 4.03. The van der Waals surface area contributed by atoms with Crippen LogP contribution in [0.5, 0.6) is 0 Å². The molecule has 102 valence electrons. The van der Waals surface area contributed by atoms with Gasteiger partial charge in [-0.2, -0.15) is 0 Å². The summed E-state index contributed by atoms with van der Waals surface area (Å²) in [5.41, 5.74) is 1.51. The predicted octanol–water partition coefficient (Wildman–Crippen LogP) is 0.322. The van der Waals surface area contributed by atoms with Crippen LogP contribution in [0.3, 0.4) is 0 Å². The Balaban J connectivity index is 2.26. The Bertz CT molecular complexity index is 352. The lowest BCUT2D eigenvalue weighted by atomic mass is 9.92. The number of unbranched alkanes of at least 4 members (excludes halogenated alkanes) is 2. The van der Waals surface area contributed by atoms with Gasteiger partial charge in [-0.25, -0.2) is 5.84 Å². The van der Waals surface area contributed by atoms with E-state index in [9.17, 15) is 14.4 Å². The first-order valence-corrected chi connectivity index (χ1v) is 6.23. The monoisotopic (exact) mass is 255 g/mol. The Morgan fingerprint density at radius 2 is 2.00 bits per heavy atom. The number of amides is 3. The molecule has 1 fully saturated rings. The molecule has 0 aromatic rings. The van der Waals surface area contributed by atoms with Gasteiger partial charge in [-0.3, -0.25) is 24.7 Å². The molecule has 0 aromatic carbocycles. The van der Waals surface area contributed by atoms with E-state index in [1.165, 1.54) is 4.90 Å². The van der Waals surface area contributed by atoms with Gasteiger partial charge < -0.3 is 0 Å². The van der Waals surface area contributed by atoms with Crippen LogP contribution in [0, 0.1) is 5.41 Å². The summed E-state index contributed by atoms with van der Waals surface area (Å²) in [4.78, 5) is 35.7. The minimum atomic E-state index is -0.559. The molecule has 1 aliphatic heterocycles. The molecule has 0 saturated carbocycles. The lowest BCUT2D eigenvalue weighted by molar-refractivity contribution is -0.140. The lowest BCUT2D eigenvalue weighted by Crippen LogP contribution is -2.34. The van der Waals surface area contributed by atoms with E-state index >= 15 is 0 Å². The van der Waals surface area contributed by atoms with Gasteiger partial charge in [0, 0.05) is 19.4 Å². The summed E-state index contributed by atoms with van der Waals surface area (Å²) in [5, 5.41) is 0. The Hall–Kier alpha value is -1.43. The third kappa shape index (κ3) is 3.53. The van der Waals surface area contributed by atoms with Gasteiger partial charge >= 0.3 is 0 Å². The van der Waals surface area contributed by atoms with E-state index in [0.29, 0.717) is 25.8 Å². The van der Waals surface area contributed by atoms with Crippen molar-refractivity contribution in [3.63, 3.8) is 0 Å². The molecule has 0 spiro atoms. The molecule has 18 heavy (non-hydrogen) atoms. The Kier molecular flexibility index (Phi) is 4.84. The van der Waals surface area contributed by atoms with Crippen molar-refractivity contribution in [1.29, 1.82) is 0 Å². The maximum Gasteiger partial charge on any atom is 0.235 e. The topological polar surface area (TPSA) is 92.5 Å². The van der Waals surface area contributed by atoms with E-state index < -0.39 is 5.41 Å². The number of hydrazine groups is 1. The van der Waals surface area contributed by atoms with Crippen molar-refractivity contribution in [3.8, 4) is 0 Å². The zero-order valence-corrected chi connectivity index (χ0v) is 11.0. The minimum absolute atomic E-state index is 0.0906. The summed E-state index contributed by atoms with van der Waals surface area (Å²) in [7, 11) is 0. The fourth-order valence-corrected chi connectivity index (χ4v) is 2.06. The highest BCUT2D eigenvalue weighted by atomic mass is 16.2. The van der Waals surface area contributed by atoms with E-state index in [4.69, 9.17) is 5.84 Å². The van der Waals surface area contributed by atoms with Crippen molar-refractivity contribution in [3.05, 3.63) is 0 Å². The second-order valence-electron chi connectivity index (χ2n) is 5.29. The number of nitrogens with two attached hydrogens (primary N) is 1. The van der Waals surface area contributed by atoms with Gasteiger partial charge in [0.2, 0.25) is 17.7 Å². The molecule has 0 atom stereocenters. The van der Waals surface area contributed by atoms with E-state index in [2.05, 4.69) is 5.43 Å². The van der Waals surface area contributed by atoms with E-state index in [0.717, 1.165) is 12.8 Å². The average Bonchev–Trinajstić information content (AvgIpc) is 2.49. The fourth-order valence-electron chi connectivity index (χ4n) is 2.06. The number of imide groups is 1. The molecular weight excluding hydrogens is 234 g/mol. The smallest absolute Gasteiger partial charge is 0.235 e. The molecule has 1 aliphatic rings. The number of nitrogens with one attached hydrogen (secondary N) is 1. The van der Waals surface area contributed by atoms with Gasteiger partial charge in [-0.1, -0.05) is 20.3 Å². The molecular formula is C12H21N3O3. The summed E-state index contributed by atoms with van der Waals surface area (Å²) < 4.78 is 0. The zero-order chi connectivity index (χ0) is 13.8. The maximum absolute atomic E-state index is 11.9. The van der Waals surface area contributed by atoms with E-state index in [1.807, 2.05) is 0 Å². The number of likely N-dealkylation sites (tertiary alicyclic amines) is 1. The third-order valence-electron chi connectivity index (χ3n) is 3.16. The van der Waals surface area contributed by atoms with Gasteiger partial charge in [0.1, 0.15) is 0 Å². The second kappa shape index (κ2) is 5.95. The normalized spacial score (nSPS) is 18.3. The van der Waals surface area contributed by atoms with E-state index in [1.54, 1.807) is 13.8 Å². The van der Waals surface area contributed by atoms with Gasteiger partial charge in [0.05, 0.1) is 5.41 Å². The molecule has 0 bridgehead atoms. The molecule has 3 amide bonds. The highest BCUT2D eigenvalue weighted by molar-refractivity contribution is 6.05. The number of carbonyl (C=O) groups excluding carboxylic acids is 3. The van der Waals surface area contributed by atoms with Crippen LogP contribution in [0.1, 0.15) is 46.0 Å². The van der Waals surface area contributed by atoms with Crippen LogP contribution in [0.4, 0.5) is 0 Å². The van der Waals surface area contributed by atoms with Crippen molar-refractivity contribution in [1.82, 2.24) is 10.3 Å². The van der Waals surface area contributed by atoms with Gasteiger partial charge in [-0.15, -0.1) is 0 Å². The first-order valence-electron chi connectivity index (χ1n) is 6.23. The summed E-state index contributed by atoms with van der Waals surface area (Å²) >= 11 is 0. The number of carbonyl (C=O) groups is 3. The molecule has 0 unspecified atom stereocenters. The number of nitrogens with zero attached hydrogens (tertiary/aromatic N) is 1. The highest BCUT2D eigenvalue weighted by Crippen LogP contribution is 2.31. The lowest BCUT2D eigenvalue weighted by Gasteiger charge is -2.17. The van der Waals surface area contributed by atoms with Gasteiger partial charge in [0.25, 0.3) is 0 Å². The molecule has 1 heterocycles. The number of rotatable bonds is 6. The molecule has 6 nitrogen and oxygen atoms in total. The Labute approximate surface area is 107 Å². The SMILES string of the molecule is CC1(C)CC(=O)N(CCCCCC(=O)NN)C1=O. The van der Waals surface area contributed by atoms with Crippen LogP contribution in [-0.4, -0.2) is 29.2 Å². The highest BCUT2D eigenvalue weighted by Gasteiger charge is 2.44. The molecule has 0 radical (unpaired) electrons. The van der Waals surface area contributed by atoms with Crippen LogP contribution in [0.15, 0.2) is 0 Å². The first kappa shape index (κ1) is 14.6. The van der Waals surface area contributed by atoms with Crippen molar-refractivity contribution < 1.29 is 14.4 Å². The first-order chi connectivity index (χ1) is 8.38. The molecule has 0 aromatic heterocycles. The summed E-state index contributed by atoms with van der Waals surface area (Å²) in [6.07, 6.45) is 2.91. The van der Waals surface area contributed by atoms with Crippen LogP contribution < -0.4 is 11.3 Å². The van der Waals surface area contributed by atoms with Crippen LogP contribution >= 0.6 is 0 Å². The van der Waals surface area contributed by atoms with Crippen molar-refractivity contribution in [2.45, 2.75) is 46.0 Å². The molecule has 1 rings (SSSR count). The molecule has 0 aliphatic carbocycles. The van der Waals surface area contributed by atoms with Crippen LogP contribution in [0.25, 0.3) is 0 Å². The Morgan fingerprint density at radius 1 is 1.33 bits per heavy atom. The molecule has 3 N–H and O–H groups in total. The maximum atomic E-state index is 11.9. The quantitative estimate of drug-likeness (QED) is 0.235. The van der Waals surface area contributed by atoms with Gasteiger partial charge in [0.15, 0.2) is 0 Å². The summed E-state index contributed by atoms with van der Waals surface area (Å²) in [5.74, 6) is 4.58. The third-order valence-corrected chi connectivity index (χ3v) is 3.16. The fraction of sp³-hybridized carbons (Fsp3) is 0.750. The molecule has 6 heteroatoms. The van der Waals surface area contributed by atoms with E-state index in [-0.39, 0.29) is 17.7 Å². The predicted molar refractivity (Wildman–Crippen MR) is 65.9 cm³/mol. The zero-order valence-electron chi connectivity index (χ0n) is 11.0. The number of hydrogen-bond acceptors (Lipinski definition) is 4. The van der Waals surface area contributed by atoms with Gasteiger partial charge in [-0.05, 0) is 12.8 Å². The van der Waals surface area contributed by atoms with Crippen molar-refractivity contribution in [2.24, 2.45) is 11.3 Å². The van der Waals surface area contributed by atoms with Crippen LogP contribution in [-0.2, 0) is 14.4 Å². The molecule has 1 saturated heterocycles. The second-order valence-corrected chi connectivity index (χ2v) is 5.29. The standard InChI is InChI=1S/C12H21N3O3/c1-12(2)8-10(17)15(11(12)18)7-5-3-4-6-9(16)14-13/h3-8,13H2,1-2H3,(H,14,16).